The SMILES string of the molecule is C[C@@H]1CN(c2ccc(F)cc2C(F)(F)F)CCN1S(=O)(=O)c1cccc(N2CCC(C(=O)NC(C)(C)C)CC2)c1. The van der Waals surface area contributed by atoms with Gasteiger partial charge in [0.1, 0.15) is 5.82 Å². The number of sulfonamides is 1. The van der Waals surface area contributed by atoms with Crippen molar-refractivity contribution in [3.05, 3.63) is 53.8 Å². The van der Waals surface area contributed by atoms with Gasteiger partial charge in [0, 0.05) is 61.6 Å². The van der Waals surface area contributed by atoms with E-state index in [9.17, 15) is 30.8 Å². The van der Waals surface area contributed by atoms with Gasteiger partial charge in [0.05, 0.1) is 10.5 Å². The summed E-state index contributed by atoms with van der Waals surface area (Å²) in [4.78, 5) is 16.2. The second kappa shape index (κ2) is 11.2. The van der Waals surface area contributed by atoms with Gasteiger partial charge in [-0.05, 0) is 76.9 Å². The van der Waals surface area contributed by atoms with Crippen molar-refractivity contribution < 1.29 is 30.8 Å². The molecule has 1 amide bonds. The molecule has 2 aliphatic heterocycles. The highest BCUT2D eigenvalue weighted by Gasteiger charge is 2.39. The molecule has 220 valence electrons. The van der Waals surface area contributed by atoms with Gasteiger partial charge in [-0.2, -0.15) is 17.5 Å². The van der Waals surface area contributed by atoms with Crippen molar-refractivity contribution in [1.29, 1.82) is 0 Å². The molecular formula is C28H36F4N4O3S. The summed E-state index contributed by atoms with van der Waals surface area (Å²) in [5.74, 6) is -1.05. The maximum absolute atomic E-state index is 13.6. The number of benzene rings is 2. The largest absolute Gasteiger partial charge is 0.418 e. The summed E-state index contributed by atoms with van der Waals surface area (Å²) >= 11 is 0. The summed E-state index contributed by atoms with van der Waals surface area (Å²) in [6.07, 6.45) is -3.43. The van der Waals surface area contributed by atoms with E-state index >= 15 is 0 Å². The minimum Gasteiger partial charge on any atom is -0.371 e. The molecule has 4 rings (SSSR count). The van der Waals surface area contributed by atoms with Crippen molar-refractivity contribution in [3.8, 4) is 0 Å². The first-order chi connectivity index (χ1) is 18.6. The number of nitrogens with zero attached hydrogens (tertiary/aromatic N) is 3. The number of piperidine rings is 1. The van der Waals surface area contributed by atoms with Crippen LogP contribution in [0.3, 0.4) is 0 Å². The molecule has 0 spiro atoms. The van der Waals surface area contributed by atoms with Gasteiger partial charge in [-0.3, -0.25) is 4.79 Å². The fourth-order valence-corrected chi connectivity index (χ4v) is 7.03. The molecule has 0 radical (unpaired) electrons. The van der Waals surface area contributed by atoms with Crippen molar-refractivity contribution in [1.82, 2.24) is 9.62 Å². The number of piperazine rings is 1. The molecule has 0 unspecified atom stereocenters. The Kier molecular flexibility index (Phi) is 8.43. The summed E-state index contributed by atoms with van der Waals surface area (Å²) < 4.78 is 82.8. The summed E-state index contributed by atoms with van der Waals surface area (Å²) in [5, 5.41) is 3.02. The van der Waals surface area contributed by atoms with Gasteiger partial charge < -0.3 is 15.1 Å². The summed E-state index contributed by atoms with van der Waals surface area (Å²) in [6.45, 7) is 8.73. The van der Waals surface area contributed by atoms with Crippen LogP contribution < -0.4 is 15.1 Å². The van der Waals surface area contributed by atoms with Gasteiger partial charge in [-0.1, -0.05) is 6.07 Å². The Morgan fingerprint density at radius 3 is 2.23 bits per heavy atom. The average Bonchev–Trinajstić information content (AvgIpc) is 2.87. The third kappa shape index (κ3) is 6.71. The van der Waals surface area contributed by atoms with Gasteiger partial charge in [-0.15, -0.1) is 0 Å². The number of hydrogen-bond acceptors (Lipinski definition) is 5. The molecule has 7 nitrogen and oxygen atoms in total. The van der Waals surface area contributed by atoms with Gasteiger partial charge in [0.2, 0.25) is 15.9 Å². The van der Waals surface area contributed by atoms with Gasteiger partial charge in [0.25, 0.3) is 0 Å². The third-order valence-electron chi connectivity index (χ3n) is 7.32. The third-order valence-corrected chi connectivity index (χ3v) is 9.33. The number of anilines is 2. The van der Waals surface area contributed by atoms with E-state index in [1.54, 1.807) is 19.1 Å². The number of rotatable bonds is 5. The van der Waals surface area contributed by atoms with Crippen molar-refractivity contribution >= 4 is 27.3 Å². The monoisotopic (exact) mass is 584 g/mol. The van der Waals surface area contributed by atoms with E-state index in [1.165, 1.54) is 15.3 Å². The van der Waals surface area contributed by atoms with Gasteiger partial charge >= 0.3 is 6.18 Å². The highest BCUT2D eigenvalue weighted by molar-refractivity contribution is 7.89. The van der Waals surface area contributed by atoms with E-state index in [4.69, 9.17) is 0 Å². The molecule has 0 bridgehead atoms. The molecule has 0 aliphatic carbocycles. The second-order valence-electron chi connectivity index (χ2n) is 11.6. The van der Waals surface area contributed by atoms with Crippen molar-refractivity contribution in [2.75, 3.05) is 42.5 Å². The first kappa shape index (κ1) is 30.1. The zero-order valence-electron chi connectivity index (χ0n) is 23.1. The van der Waals surface area contributed by atoms with Crippen LogP contribution in [0.5, 0.6) is 0 Å². The summed E-state index contributed by atoms with van der Waals surface area (Å²) in [5.41, 5.74) is -0.815. The molecule has 2 heterocycles. The molecule has 2 aliphatic rings. The van der Waals surface area contributed by atoms with Crippen LogP contribution in [0.15, 0.2) is 47.4 Å². The summed E-state index contributed by atoms with van der Waals surface area (Å²) in [6, 6.07) is 8.56. The molecular weight excluding hydrogens is 548 g/mol. The van der Waals surface area contributed by atoms with E-state index in [0.717, 1.165) is 17.8 Å². The highest BCUT2D eigenvalue weighted by Crippen LogP contribution is 2.38. The van der Waals surface area contributed by atoms with E-state index in [2.05, 4.69) is 10.2 Å². The van der Waals surface area contributed by atoms with E-state index in [0.29, 0.717) is 32.0 Å². The number of amides is 1. The predicted molar refractivity (Wildman–Crippen MR) is 146 cm³/mol. The number of nitrogens with one attached hydrogen (secondary N) is 1. The zero-order chi connectivity index (χ0) is 29.5. The topological polar surface area (TPSA) is 73.0 Å². The molecule has 2 aromatic carbocycles. The Labute approximate surface area is 233 Å². The number of carbonyl (C=O) groups excluding carboxylic acids is 1. The van der Waals surface area contributed by atoms with Gasteiger partial charge in [0.15, 0.2) is 0 Å². The van der Waals surface area contributed by atoms with E-state index in [1.807, 2.05) is 26.8 Å². The maximum atomic E-state index is 13.6. The normalized spacial score (nSPS) is 20.1. The second-order valence-corrected chi connectivity index (χ2v) is 13.5. The first-order valence-electron chi connectivity index (χ1n) is 13.4. The lowest BCUT2D eigenvalue weighted by Gasteiger charge is -2.41. The van der Waals surface area contributed by atoms with Crippen molar-refractivity contribution in [2.24, 2.45) is 5.92 Å². The standard InChI is InChI=1S/C28H36F4N4O3S/c1-19-18-35(25-9-8-21(29)16-24(25)28(30,31)32)14-15-36(19)40(38,39)23-7-5-6-22(17-23)34-12-10-20(11-13-34)26(37)33-27(2,3)4/h5-9,16-17,19-20H,10-15,18H2,1-4H3,(H,33,37)/t19-/m1/s1. The quantitative estimate of drug-likeness (QED) is 0.508. The smallest absolute Gasteiger partial charge is 0.371 e. The Morgan fingerprint density at radius 2 is 1.62 bits per heavy atom. The fraction of sp³-hybridized carbons (Fsp3) is 0.536. The molecule has 2 saturated heterocycles. The molecule has 2 aromatic rings. The minimum atomic E-state index is -4.74. The Balaban J connectivity index is 1.45. The lowest BCUT2D eigenvalue weighted by atomic mass is 9.94. The number of halogens is 4. The lowest BCUT2D eigenvalue weighted by Crippen LogP contribution is -2.54. The summed E-state index contributed by atoms with van der Waals surface area (Å²) in [7, 11) is -3.93. The van der Waals surface area contributed by atoms with Crippen LogP contribution in [0.4, 0.5) is 28.9 Å². The Morgan fingerprint density at radius 1 is 0.950 bits per heavy atom. The molecule has 40 heavy (non-hydrogen) atoms. The number of alkyl halides is 3. The van der Waals surface area contributed by atoms with Crippen LogP contribution in [0.2, 0.25) is 0 Å². The molecule has 12 heteroatoms. The molecule has 1 N–H and O–H groups in total. The fourth-order valence-electron chi connectivity index (χ4n) is 5.38. The molecule has 0 saturated carbocycles. The maximum Gasteiger partial charge on any atom is 0.418 e. The van der Waals surface area contributed by atoms with Crippen LogP contribution in [0.25, 0.3) is 0 Å². The highest BCUT2D eigenvalue weighted by atomic mass is 32.2. The van der Waals surface area contributed by atoms with Crippen LogP contribution in [0, 0.1) is 11.7 Å². The van der Waals surface area contributed by atoms with Crippen LogP contribution >= 0.6 is 0 Å². The average molecular weight is 585 g/mol. The van der Waals surface area contributed by atoms with Crippen LogP contribution in [-0.2, 0) is 21.0 Å². The number of carbonyl (C=O) groups is 1. The van der Waals surface area contributed by atoms with Gasteiger partial charge in [-0.25, -0.2) is 12.8 Å². The van der Waals surface area contributed by atoms with Crippen LogP contribution in [0.1, 0.15) is 46.1 Å². The minimum absolute atomic E-state index is 0.0172. The van der Waals surface area contributed by atoms with Crippen LogP contribution in [-0.4, -0.2) is 62.9 Å². The number of hydrogen-bond donors (Lipinski definition) is 1. The van der Waals surface area contributed by atoms with E-state index < -0.39 is 33.6 Å². The first-order valence-corrected chi connectivity index (χ1v) is 14.8. The van der Waals surface area contributed by atoms with Crippen molar-refractivity contribution in [2.45, 2.75) is 63.2 Å². The molecule has 2 fully saturated rings. The lowest BCUT2D eigenvalue weighted by molar-refractivity contribution is -0.137. The van der Waals surface area contributed by atoms with Crippen molar-refractivity contribution in [3.63, 3.8) is 0 Å². The zero-order valence-corrected chi connectivity index (χ0v) is 23.9. The molecule has 1 atom stereocenters. The molecule has 0 aromatic heterocycles. The van der Waals surface area contributed by atoms with E-state index in [-0.39, 0.29) is 47.6 Å². The Bertz CT molecular complexity index is 1340. The Hall–Kier alpha value is -2.86. The predicted octanol–water partition coefficient (Wildman–Crippen LogP) is 4.88.